The number of nitrogens with zero attached hydrogens (tertiary/aromatic N) is 3. The van der Waals surface area contributed by atoms with E-state index in [9.17, 15) is 9.59 Å². The Morgan fingerprint density at radius 3 is 2.29 bits per heavy atom. The number of esters is 1. The molecule has 4 aromatic rings. The first kappa shape index (κ1) is 20.0. The fraction of sp³-hybridized carbons (Fsp3) is 0.0833. The second kappa shape index (κ2) is 9.04. The molecule has 1 amide bonds. The lowest BCUT2D eigenvalue weighted by atomic mass is 10.1. The number of nitrogens with one attached hydrogen (secondary N) is 1. The molecular formula is C24H20N4O3. The standard InChI is InChI=1S/C24H20N4O3/c1-31-24(30)19-9-7-18(8-10-19)23(29)26-15-20-16-28(21-5-3-2-4-6-21)27-22(20)17-11-13-25-14-12-17/h2-14,16H,15H2,1H3,(H,26,29). The number of hydrogen-bond donors (Lipinski definition) is 1. The van der Waals surface area contributed by atoms with E-state index in [4.69, 9.17) is 5.10 Å². The largest absolute Gasteiger partial charge is 0.465 e. The van der Waals surface area contributed by atoms with Crippen LogP contribution in [0.1, 0.15) is 26.3 Å². The Bertz CT molecular complexity index is 1190. The summed E-state index contributed by atoms with van der Waals surface area (Å²) in [6.07, 6.45) is 5.33. The third-order valence-electron chi connectivity index (χ3n) is 4.77. The summed E-state index contributed by atoms with van der Waals surface area (Å²) in [4.78, 5) is 28.3. The maximum absolute atomic E-state index is 12.6. The number of aromatic nitrogens is 3. The van der Waals surface area contributed by atoms with Gasteiger partial charge in [0.15, 0.2) is 0 Å². The van der Waals surface area contributed by atoms with Gasteiger partial charge in [0.1, 0.15) is 0 Å². The molecule has 0 spiro atoms. The van der Waals surface area contributed by atoms with Crippen molar-refractivity contribution in [2.45, 2.75) is 6.54 Å². The van der Waals surface area contributed by atoms with Gasteiger partial charge in [-0.3, -0.25) is 9.78 Å². The van der Waals surface area contributed by atoms with Gasteiger partial charge in [0.05, 0.1) is 24.1 Å². The number of ether oxygens (including phenoxy) is 1. The lowest BCUT2D eigenvalue weighted by Crippen LogP contribution is -2.23. The number of rotatable bonds is 6. The Labute approximate surface area is 179 Å². The summed E-state index contributed by atoms with van der Waals surface area (Å²) in [5.41, 5.74) is 4.32. The molecule has 2 aromatic carbocycles. The number of hydrogen-bond acceptors (Lipinski definition) is 5. The summed E-state index contributed by atoms with van der Waals surface area (Å²) in [7, 11) is 1.32. The van der Waals surface area contributed by atoms with Crippen LogP contribution in [0.2, 0.25) is 0 Å². The summed E-state index contributed by atoms with van der Waals surface area (Å²) in [5, 5.41) is 7.66. The highest BCUT2D eigenvalue weighted by Gasteiger charge is 2.14. The molecule has 7 nitrogen and oxygen atoms in total. The van der Waals surface area contributed by atoms with Crippen molar-refractivity contribution in [2.24, 2.45) is 0 Å². The molecule has 2 heterocycles. The number of carbonyl (C=O) groups is 2. The van der Waals surface area contributed by atoms with Gasteiger partial charge in [-0.25, -0.2) is 9.48 Å². The molecule has 154 valence electrons. The van der Waals surface area contributed by atoms with E-state index < -0.39 is 5.97 Å². The summed E-state index contributed by atoms with van der Waals surface area (Å²) < 4.78 is 6.48. The van der Waals surface area contributed by atoms with Crippen molar-refractivity contribution in [1.29, 1.82) is 0 Å². The van der Waals surface area contributed by atoms with Gasteiger partial charge in [-0.15, -0.1) is 0 Å². The molecule has 0 aliphatic heterocycles. The van der Waals surface area contributed by atoms with Crippen LogP contribution in [0.5, 0.6) is 0 Å². The lowest BCUT2D eigenvalue weighted by molar-refractivity contribution is 0.0600. The number of carbonyl (C=O) groups excluding carboxylic acids is 2. The van der Waals surface area contributed by atoms with Crippen molar-refractivity contribution in [2.75, 3.05) is 7.11 Å². The molecular weight excluding hydrogens is 392 g/mol. The monoisotopic (exact) mass is 412 g/mol. The number of benzene rings is 2. The van der Waals surface area contributed by atoms with Crippen LogP contribution in [0.25, 0.3) is 16.9 Å². The van der Waals surface area contributed by atoms with Gasteiger partial charge in [0.25, 0.3) is 5.91 Å². The second-order valence-electron chi connectivity index (χ2n) is 6.77. The number of methoxy groups -OCH3 is 1. The van der Waals surface area contributed by atoms with E-state index in [0.29, 0.717) is 17.7 Å². The van der Waals surface area contributed by atoms with Crippen LogP contribution >= 0.6 is 0 Å². The maximum atomic E-state index is 12.6. The highest BCUT2D eigenvalue weighted by atomic mass is 16.5. The first-order chi connectivity index (χ1) is 15.2. The Morgan fingerprint density at radius 2 is 1.61 bits per heavy atom. The lowest BCUT2D eigenvalue weighted by Gasteiger charge is -2.06. The fourth-order valence-electron chi connectivity index (χ4n) is 3.16. The second-order valence-corrected chi connectivity index (χ2v) is 6.77. The quantitative estimate of drug-likeness (QED) is 0.489. The van der Waals surface area contributed by atoms with Crippen molar-refractivity contribution < 1.29 is 14.3 Å². The van der Waals surface area contributed by atoms with Crippen LogP contribution in [0.15, 0.2) is 85.3 Å². The first-order valence-electron chi connectivity index (χ1n) is 9.66. The van der Waals surface area contributed by atoms with Crippen molar-refractivity contribution in [3.8, 4) is 16.9 Å². The molecule has 2 aromatic heterocycles. The van der Waals surface area contributed by atoms with Gasteiger partial charge < -0.3 is 10.1 Å². The minimum atomic E-state index is -0.442. The molecule has 4 rings (SSSR count). The van der Waals surface area contributed by atoms with Crippen molar-refractivity contribution >= 4 is 11.9 Å². The molecule has 0 saturated carbocycles. The van der Waals surface area contributed by atoms with Gasteiger partial charge in [0, 0.05) is 41.8 Å². The van der Waals surface area contributed by atoms with Crippen LogP contribution in [-0.2, 0) is 11.3 Å². The van der Waals surface area contributed by atoms with E-state index in [2.05, 4.69) is 15.0 Å². The summed E-state index contributed by atoms with van der Waals surface area (Å²) in [5.74, 6) is -0.688. The highest BCUT2D eigenvalue weighted by molar-refractivity contribution is 5.96. The highest BCUT2D eigenvalue weighted by Crippen LogP contribution is 2.23. The molecule has 0 aliphatic rings. The summed E-state index contributed by atoms with van der Waals surface area (Å²) in [6, 6.07) is 19.9. The predicted molar refractivity (Wildman–Crippen MR) is 116 cm³/mol. The molecule has 0 fully saturated rings. The number of pyridine rings is 1. The maximum Gasteiger partial charge on any atom is 0.337 e. The Balaban J connectivity index is 1.56. The smallest absolute Gasteiger partial charge is 0.337 e. The molecule has 0 atom stereocenters. The molecule has 0 aliphatic carbocycles. The normalized spacial score (nSPS) is 10.5. The predicted octanol–water partition coefficient (Wildman–Crippen LogP) is 3.65. The first-order valence-corrected chi connectivity index (χ1v) is 9.66. The van der Waals surface area contributed by atoms with Crippen molar-refractivity contribution in [1.82, 2.24) is 20.1 Å². The third kappa shape index (κ3) is 4.51. The average Bonchev–Trinajstić information content (AvgIpc) is 3.27. The molecule has 31 heavy (non-hydrogen) atoms. The van der Waals surface area contributed by atoms with Gasteiger partial charge in [-0.1, -0.05) is 18.2 Å². The third-order valence-corrected chi connectivity index (χ3v) is 4.77. The van der Waals surface area contributed by atoms with E-state index in [1.165, 1.54) is 7.11 Å². The summed E-state index contributed by atoms with van der Waals surface area (Å²) in [6.45, 7) is 0.294. The van der Waals surface area contributed by atoms with E-state index in [0.717, 1.165) is 22.5 Å². The minimum absolute atomic E-state index is 0.246. The van der Waals surface area contributed by atoms with E-state index in [1.807, 2.05) is 48.7 Å². The van der Waals surface area contributed by atoms with Crippen molar-refractivity contribution in [3.05, 3.63) is 102 Å². The Hall–Kier alpha value is -4.26. The number of para-hydroxylation sites is 1. The van der Waals surface area contributed by atoms with E-state index in [-0.39, 0.29) is 5.91 Å². The SMILES string of the molecule is COC(=O)c1ccc(C(=O)NCc2cn(-c3ccccc3)nc2-c2ccncc2)cc1. The zero-order valence-corrected chi connectivity index (χ0v) is 16.9. The van der Waals surface area contributed by atoms with Crippen LogP contribution in [0.4, 0.5) is 0 Å². The molecule has 0 unspecified atom stereocenters. The fourth-order valence-corrected chi connectivity index (χ4v) is 3.16. The van der Waals surface area contributed by atoms with Gasteiger partial charge in [-0.05, 0) is 48.5 Å². The van der Waals surface area contributed by atoms with Gasteiger partial charge in [-0.2, -0.15) is 5.10 Å². The topological polar surface area (TPSA) is 86.1 Å². The van der Waals surface area contributed by atoms with Crippen LogP contribution in [-0.4, -0.2) is 33.8 Å². The van der Waals surface area contributed by atoms with Gasteiger partial charge in [0.2, 0.25) is 0 Å². The van der Waals surface area contributed by atoms with E-state index >= 15 is 0 Å². The van der Waals surface area contributed by atoms with Crippen LogP contribution in [0.3, 0.4) is 0 Å². The van der Waals surface area contributed by atoms with Crippen LogP contribution < -0.4 is 5.32 Å². The van der Waals surface area contributed by atoms with Gasteiger partial charge >= 0.3 is 5.97 Å². The van der Waals surface area contributed by atoms with E-state index in [1.54, 1.807) is 41.3 Å². The zero-order valence-electron chi connectivity index (χ0n) is 16.9. The number of amides is 1. The molecule has 0 saturated heterocycles. The van der Waals surface area contributed by atoms with Crippen molar-refractivity contribution in [3.63, 3.8) is 0 Å². The molecule has 0 radical (unpaired) electrons. The Morgan fingerprint density at radius 1 is 0.935 bits per heavy atom. The average molecular weight is 412 g/mol. The molecule has 1 N–H and O–H groups in total. The molecule has 7 heteroatoms. The minimum Gasteiger partial charge on any atom is -0.465 e. The summed E-state index contributed by atoms with van der Waals surface area (Å²) >= 11 is 0. The molecule has 0 bridgehead atoms. The Kier molecular flexibility index (Phi) is 5.84. The van der Waals surface area contributed by atoms with Crippen LogP contribution in [0, 0.1) is 0 Å². The zero-order chi connectivity index (χ0) is 21.6.